The van der Waals surface area contributed by atoms with Crippen molar-refractivity contribution >= 4 is 11.3 Å². The van der Waals surface area contributed by atoms with E-state index >= 15 is 0 Å². The molecule has 0 aromatic carbocycles. The van der Waals surface area contributed by atoms with Crippen molar-refractivity contribution in [3.8, 4) is 6.07 Å². The van der Waals surface area contributed by atoms with E-state index in [1.54, 1.807) is 11.3 Å². The van der Waals surface area contributed by atoms with Gasteiger partial charge in [-0.25, -0.2) is 4.98 Å². The van der Waals surface area contributed by atoms with Gasteiger partial charge in [0.1, 0.15) is 5.41 Å². The molecule has 1 aromatic rings. The minimum Gasteiger partial charge on any atom is -0.306 e. The molecule has 0 aliphatic carbocycles. The van der Waals surface area contributed by atoms with Crippen molar-refractivity contribution in [3.63, 3.8) is 0 Å². The molecule has 0 amide bonds. The molecule has 3 nitrogen and oxygen atoms in total. The van der Waals surface area contributed by atoms with Crippen LogP contribution in [-0.4, -0.2) is 30.0 Å². The van der Waals surface area contributed by atoms with Gasteiger partial charge in [0.05, 0.1) is 16.8 Å². The summed E-state index contributed by atoms with van der Waals surface area (Å²) in [7, 11) is 2.10. The summed E-state index contributed by atoms with van der Waals surface area (Å²) in [6.07, 6.45) is 1.81. The normalized spacial score (nSPS) is 21.1. The molecule has 0 atom stereocenters. The molecule has 1 aliphatic rings. The van der Waals surface area contributed by atoms with E-state index in [-0.39, 0.29) is 5.41 Å². The second kappa shape index (κ2) is 3.92. The molecule has 0 N–H and O–H groups in total. The number of hydrogen-bond donors (Lipinski definition) is 0. The Morgan fingerprint density at radius 3 is 2.67 bits per heavy atom. The van der Waals surface area contributed by atoms with E-state index in [9.17, 15) is 5.26 Å². The first kappa shape index (κ1) is 10.6. The number of rotatable bonds is 1. The van der Waals surface area contributed by atoms with Crippen LogP contribution in [0, 0.1) is 18.3 Å². The summed E-state index contributed by atoms with van der Waals surface area (Å²) in [4.78, 5) is 6.75. The van der Waals surface area contributed by atoms with Gasteiger partial charge in [0.15, 0.2) is 0 Å². The number of likely N-dealkylation sites (tertiary alicyclic amines) is 1. The molecule has 2 heterocycles. The molecule has 1 aliphatic heterocycles. The Kier molecular flexibility index (Phi) is 2.76. The van der Waals surface area contributed by atoms with Gasteiger partial charge >= 0.3 is 0 Å². The molecule has 0 spiro atoms. The molecule has 15 heavy (non-hydrogen) atoms. The van der Waals surface area contributed by atoms with Crippen molar-refractivity contribution in [2.24, 2.45) is 0 Å². The van der Waals surface area contributed by atoms with Crippen LogP contribution in [0.1, 0.15) is 23.5 Å². The third kappa shape index (κ3) is 1.90. The summed E-state index contributed by atoms with van der Waals surface area (Å²) in [5.74, 6) is 0. The second-order valence-corrected chi connectivity index (χ2v) is 5.31. The van der Waals surface area contributed by atoms with Gasteiger partial charge in [0, 0.05) is 5.38 Å². The third-order valence-corrected chi connectivity index (χ3v) is 3.94. The van der Waals surface area contributed by atoms with Gasteiger partial charge in [0.25, 0.3) is 0 Å². The first-order chi connectivity index (χ1) is 7.16. The fourth-order valence-corrected chi connectivity index (χ4v) is 2.72. The minimum atomic E-state index is -0.322. The average molecular weight is 221 g/mol. The predicted octanol–water partition coefficient (Wildman–Crippen LogP) is 1.94. The van der Waals surface area contributed by atoms with Crippen LogP contribution in [-0.2, 0) is 5.41 Å². The maximum absolute atomic E-state index is 9.39. The number of hydrogen-bond acceptors (Lipinski definition) is 4. The van der Waals surface area contributed by atoms with E-state index in [0.717, 1.165) is 36.6 Å². The van der Waals surface area contributed by atoms with Crippen molar-refractivity contribution < 1.29 is 0 Å². The first-order valence-electron chi connectivity index (χ1n) is 5.19. The lowest BCUT2D eigenvalue weighted by Crippen LogP contribution is -2.40. The Morgan fingerprint density at radius 2 is 2.20 bits per heavy atom. The van der Waals surface area contributed by atoms with Crippen LogP contribution in [0.4, 0.5) is 0 Å². The maximum Gasteiger partial charge on any atom is 0.103 e. The largest absolute Gasteiger partial charge is 0.306 e. The standard InChI is InChI=1S/C11H15N3S/c1-9-13-10(7-15-9)11(8-12)3-5-14(2)6-4-11/h7H,3-6H2,1-2H3. The van der Waals surface area contributed by atoms with E-state index in [1.165, 1.54) is 0 Å². The van der Waals surface area contributed by atoms with Gasteiger partial charge < -0.3 is 4.90 Å². The molecule has 0 bridgehead atoms. The molecule has 1 aromatic heterocycles. The lowest BCUT2D eigenvalue weighted by Gasteiger charge is -2.34. The van der Waals surface area contributed by atoms with Crippen molar-refractivity contribution in [2.45, 2.75) is 25.2 Å². The Labute approximate surface area is 94.4 Å². The molecule has 80 valence electrons. The zero-order valence-corrected chi connectivity index (χ0v) is 9.97. The summed E-state index contributed by atoms with van der Waals surface area (Å²) in [5, 5.41) is 12.5. The van der Waals surface area contributed by atoms with Crippen LogP contribution in [0.3, 0.4) is 0 Å². The van der Waals surface area contributed by atoms with Crippen LogP contribution < -0.4 is 0 Å². The summed E-state index contributed by atoms with van der Waals surface area (Å²) in [5.41, 5.74) is 0.665. The number of piperidine rings is 1. The zero-order chi connectivity index (χ0) is 10.9. The summed E-state index contributed by atoms with van der Waals surface area (Å²) >= 11 is 1.64. The predicted molar refractivity (Wildman–Crippen MR) is 60.9 cm³/mol. The van der Waals surface area contributed by atoms with Gasteiger partial charge in [-0.05, 0) is 39.9 Å². The van der Waals surface area contributed by atoms with Gasteiger partial charge in [-0.2, -0.15) is 5.26 Å². The monoisotopic (exact) mass is 221 g/mol. The Bertz CT molecular complexity index is 383. The van der Waals surface area contributed by atoms with E-state index in [1.807, 2.05) is 12.3 Å². The highest BCUT2D eigenvalue weighted by Gasteiger charge is 2.37. The molecule has 1 saturated heterocycles. The molecular weight excluding hydrogens is 206 g/mol. The molecule has 2 rings (SSSR count). The Morgan fingerprint density at radius 1 is 1.53 bits per heavy atom. The fourth-order valence-electron chi connectivity index (χ4n) is 2.01. The highest BCUT2D eigenvalue weighted by molar-refractivity contribution is 7.09. The molecule has 0 unspecified atom stereocenters. The van der Waals surface area contributed by atoms with Crippen LogP contribution >= 0.6 is 11.3 Å². The Balaban J connectivity index is 2.27. The number of thiazole rings is 1. The van der Waals surface area contributed by atoms with Crippen LogP contribution in [0.2, 0.25) is 0 Å². The summed E-state index contributed by atoms with van der Waals surface area (Å²) in [6, 6.07) is 2.49. The number of nitrogens with zero attached hydrogens (tertiary/aromatic N) is 3. The van der Waals surface area contributed by atoms with E-state index < -0.39 is 0 Å². The molecule has 0 radical (unpaired) electrons. The topological polar surface area (TPSA) is 39.9 Å². The highest BCUT2D eigenvalue weighted by atomic mass is 32.1. The van der Waals surface area contributed by atoms with Gasteiger partial charge in [-0.15, -0.1) is 11.3 Å². The SMILES string of the molecule is Cc1nc(C2(C#N)CCN(C)CC2)cs1. The zero-order valence-electron chi connectivity index (χ0n) is 9.16. The van der Waals surface area contributed by atoms with Gasteiger partial charge in [-0.3, -0.25) is 0 Å². The third-order valence-electron chi connectivity index (χ3n) is 3.16. The quantitative estimate of drug-likeness (QED) is 0.727. The van der Waals surface area contributed by atoms with Crippen molar-refractivity contribution in [1.29, 1.82) is 5.26 Å². The fraction of sp³-hybridized carbons (Fsp3) is 0.636. The number of nitriles is 1. The van der Waals surface area contributed by atoms with E-state index in [0.29, 0.717) is 0 Å². The second-order valence-electron chi connectivity index (χ2n) is 4.25. The molecular formula is C11H15N3S. The number of aromatic nitrogens is 1. The summed E-state index contributed by atoms with van der Waals surface area (Å²) < 4.78 is 0. The smallest absolute Gasteiger partial charge is 0.103 e. The van der Waals surface area contributed by atoms with Gasteiger partial charge in [-0.1, -0.05) is 0 Å². The molecule has 0 saturated carbocycles. The summed E-state index contributed by atoms with van der Waals surface area (Å²) in [6.45, 7) is 3.97. The molecule has 1 fully saturated rings. The van der Waals surface area contributed by atoms with Crippen molar-refractivity contribution in [2.75, 3.05) is 20.1 Å². The van der Waals surface area contributed by atoms with Crippen LogP contribution in [0.5, 0.6) is 0 Å². The van der Waals surface area contributed by atoms with Crippen LogP contribution in [0.15, 0.2) is 5.38 Å². The minimum absolute atomic E-state index is 0.322. The lowest BCUT2D eigenvalue weighted by atomic mass is 9.77. The maximum atomic E-state index is 9.39. The average Bonchev–Trinajstić information content (AvgIpc) is 2.67. The van der Waals surface area contributed by atoms with E-state index in [4.69, 9.17) is 0 Å². The molecule has 4 heteroatoms. The van der Waals surface area contributed by atoms with Crippen LogP contribution in [0.25, 0.3) is 0 Å². The Hall–Kier alpha value is -0.920. The van der Waals surface area contributed by atoms with E-state index in [2.05, 4.69) is 23.0 Å². The van der Waals surface area contributed by atoms with Gasteiger partial charge in [0.2, 0.25) is 0 Å². The first-order valence-corrected chi connectivity index (χ1v) is 6.07. The van der Waals surface area contributed by atoms with Crippen molar-refractivity contribution in [1.82, 2.24) is 9.88 Å². The number of aryl methyl sites for hydroxylation is 1. The lowest BCUT2D eigenvalue weighted by molar-refractivity contribution is 0.219. The van der Waals surface area contributed by atoms with Crippen molar-refractivity contribution in [3.05, 3.63) is 16.1 Å². The highest BCUT2D eigenvalue weighted by Crippen LogP contribution is 2.34.